The van der Waals surface area contributed by atoms with E-state index in [4.69, 9.17) is 16.3 Å². The topological polar surface area (TPSA) is 60.7 Å². The summed E-state index contributed by atoms with van der Waals surface area (Å²) in [5.41, 5.74) is 0.994. The Morgan fingerprint density at radius 2 is 1.92 bits per heavy atom. The van der Waals surface area contributed by atoms with Crippen molar-refractivity contribution in [2.24, 2.45) is 5.10 Å². The first-order valence-corrected chi connectivity index (χ1v) is 8.51. The third-order valence-corrected chi connectivity index (χ3v) is 4.18. The van der Waals surface area contributed by atoms with Gasteiger partial charge in [-0.05, 0) is 35.6 Å². The minimum Gasteiger partial charge on any atom is -0.464 e. The van der Waals surface area contributed by atoms with E-state index in [0.29, 0.717) is 27.8 Å². The van der Waals surface area contributed by atoms with E-state index >= 15 is 0 Å². The first-order valence-electron chi connectivity index (χ1n) is 8.13. The molecule has 6 heteroatoms. The van der Waals surface area contributed by atoms with Gasteiger partial charge in [0.05, 0.1) is 7.11 Å². The van der Waals surface area contributed by atoms with Crippen molar-refractivity contribution in [3.8, 4) is 11.1 Å². The van der Waals surface area contributed by atoms with E-state index < -0.39 is 11.5 Å². The van der Waals surface area contributed by atoms with E-state index in [0.717, 1.165) is 10.2 Å². The maximum absolute atomic E-state index is 13.0. The summed E-state index contributed by atoms with van der Waals surface area (Å²) in [6.45, 7) is 1.89. The summed E-state index contributed by atoms with van der Waals surface area (Å²) < 4.78 is 6.05. The molecule has 1 heterocycles. The molecule has 0 fully saturated rings. The molecule has 0 aliphatic rings. The highest BCUT2D eigenvalue weighted by atomic mass is 35.5. The number of hydrogen-bond acceptors (Lipinski definition) is 4. The van der Waals surface area contributed by atoms with Gasteiger partial charge in [-0.25, -0.2) is 4.79 Å². The maximum Gasteiger partial charge on any atom is 0.357 e. The molecule has 0 aliphatic carbocycles. The van der Waals surface area contributed by atoms with E-state index in [-0.39, 0.29) is 5.69 Å². The first kappa shape index (κ1) is 17.9. The highest BCUT2D eigenvalue weighted by molar-refractivity contribution is 6.31. The van der Waals surface area contributed by atoms with Crippen molar-refractivity contribution in [2.75, 3.05) is 7.11 Å². The molecule has 1 aromatic heterocycles. The van der Waals surface area contributed by atoms with Gasteiger partial charge < -0.3 is 4.74 Å². The molecule has 132 valence electrons. The number of nitrogens with zero attached hydrogens (tertiary/aromatic N) is 2. The Morgan fingerprint density at radius 1 is 1.19 bits per heavy atom. The van der Waals surface area contributed by atoms with Gasteiger partial charge in [0.15, 0.2) is 5.69 Å². The van der Waals surface area contributed by atoms with Crippen LogP contribution < -0.4 is 5.56 Å². The van der Waals surface area contributed by atoms with Crippen LogP contribution in [0.2, 0.25) is 5.02 Å². The van der Waals surface area contributed by atoms with Crippen molar-refractivity contribution in [3.63, 3.8) is 0 Å². The van der Waals surface area contributed by atoms with Crippen LogP contribution in [0.4, 0.5) is 0 Å². The molecule has 0 atom stereocenters. The number of aromatic nitrogens is 1. The summed E-state index contributed by atoms with van der Waals surface area (Å²) >= 11 is 6.17. The van der Waals surface area contributed by atoms with Gasteiger partial charge in [-0.1, -0.05) is 48.9 Å². The zero-order chi connectivity index (χ0) is 18.7. The Morgan fingerprint density at radius 3 is 2.58 bits per heavy atom. The first-order chi connectivity index (χ1) is 12.6. The molecule has 0 saturated heterocycles. The van der Waals surface area contributed by atoms with Crippen molar-refractivity contribution in [1.29, 1.82) is 0 Å². The molecule has 0 N–H and O–H groups in total. The van der Waals surface area contributed by atoms with E-state index in [1.165, 1.54) is 7.11 Å². The molecule has 0 saturated carbocycles. The van der Waals surface area contributed by atoms with E-state index in [9.17, 15) is 9.59 Å². The summed E-state index contributed by atoms with van der Waals surface area (Å²) in [6.07, 6.45) is 2.19. The molecule has 5 nitrogen and oxygen atoms in total. The van der Waals surface area contributed by atoms with E-state index in [1.807, 2.05) is 37.3 Å². The summed E-state index contributed by atoms with van der Waals surface area (Å²) in [5, 5.41) is 5.68. The summed E-state index contributed by atoms with van der Waals surface area (Å²) in [6, 6.07) is 14.3. The standard InChI is InChI=1S/C20H17ClN2O3/c1-3-11-22-23-18(20(25)26-2)17(13-7-5-4-6-8-13)16-12-14(21)9-10-15(16)19(23)24/h4-12H,3H2,1-2H3/b22-11+. The van der Waals surface area contributed by atoms with Crippen LogP contribution in [-0.4, -0.2) is 24.0 Å². The highest BCUT2D eigenvalue weighted by Gasteiger charge is 2.24. The Hall–Kier alpha value is -2.92. The summed E-state index contributed by atoms with van der Waals surface area (Å²) in [5.74, 6) is -0.643. The monoisotopic (exact) mass is 368 g/mol. The van der Waals surface area contributed by atoms with Gasteiger partial charge in [-0.15, -0.1) is 0 Å². The Bertz CT molecular complexity index is 1060. The number of pyridine rings is 1. The van der Waals surface area contributed by atoms with E-state index in [1.54, 1.807) is 24.4 Å². The lowest BCUT2D eigenvalue weighted by Gasteiger charge is -2.15. The lowest BCUT2D eigenvalue weighted by atomic mass is 9.97. The van der Waals surface area contributed by atoms with Crippen LogP contribution in [0.25, 0.3) is 21.9 Å². The number of carbonyl (C=O) groups excluding carboxylic acids is 1. The molecule has 2 aromatic carbocycles. The SMILES string of the molecule is CC/C=N/n1c(C(=O)OC)c(-c2ccccc2)c2cc(Cl)ccc2c1=O. The van der Waals surface area contributed by atoms with Gasteiger partial charge in [0.25, 0.3) is 5.56 Å². The second-order valence-corrected chi connectivity index (χ2v) is 6.03. The fraction of sp³-hybridized carbons (Fsp3) is 0.150. The van der Waals surface area contributed by atoms with Crippen molar-refractivity contribution in [2.45, 2.75) is 13.3 Å². The Balaban J connectivity index is 2.57. The van der Waals surface area contributed by atoms with Crippen LogP contribution in [-0.2, 0) is 4.74 Å². The minimum atomic E-state index is -0.643. The molecule has 3 rings (SSSR count). The number of hydrogen-bond donors (Lipinski definition) is 0. The molecule has 0 bridgehead atoms. The van der Waals surface area contributed by atoms with Gasteiger partial charge in [0, 0.05) is 22.2 Å². The van der Waals surface area contributed by atoms with Crippen molar-refractivity contribution in [3.05, 3.63) is 69.6 Å². The van der Waals surface area contributed by atoms with Gasteiger partial charge in [0.1, 0.15) is 0 Å². The molecule has 26 heavy (non-hydrogen) atoms. The number of carbonyl (C=O) groups is 1. The molecule has 0 unspecified atom stereocenters. The molecule has 0 aliphatic heterocycles. The normalized spacial score (nSPS) is 11.2. The number of halogens is 1. The lowest BCUT2D eigenvalue weighted by molar-refractivity contribution is 0.0589. The maximum atomic E-state index is 13.0. The summed E-state index contributed by atoms with van der Waals surface area (Å²) in [7, 11) is 1.28. The largest absolute Gasteiger partial charge is 0.464 e. The Kier molecular flexibility index (Phi) is 5.19. The quantitative estimate of drug-likeness (QED) is 0.508. The predicted octanol–water partition coefficient (Wildman–Crippen LogP) is 4.35. The van der Waals surface area contributed by atoms with Gasteiger partial charge in [-0.2, -0.15) is 9.78 Å². The van der Waals surface area contributed by atoms with Crippen LogP contribution in [0.15, 0.2) is 58.4 Å². The fourth-order valence-electron chi connectivity index (χ4n) is 2.81. The number of rotatable bonds is 4. The summed E-state index contributed by atoms with van der Waals surface area (Å²) in [4.78, 5) is 25.6. The number of benzene rings is 2. The van der Waals surface area contributed by atoms with Gasteiger partial charge in [-0.3, -0.25) is 4.79 Å². The highest BCUT2D eigenvalue weighted by Crippen LogP contribution is 2.32. The number of ether oxygens (including phenoxy) is 1. The van der Waals surface area contributed by atoms with Crippen LogP contribution in [0.5, 0.6) is 0 Å². The third kappa shape index (κ3) is 3.13. The number of methoxy groups -OCH3 is 1. The number of fused-ring (bicyclic) bond motifs is 1. The van der Waals surface area contributed by atoms with Crippen molar-refractivity contribution < 1.29 is 9.53 Å². The van der Waals surface area contributed by atoms with E-state index in [2.05, 4.69) is 5.10 Å². The zero-order valence-electron chi connectivity index (χ0n) is 14.4. The molecule has 3 aromatic rings. The second-order valence-electron chi connectivity index (χ2n) is 5.59. The molecule has 0 radical (unpaired) electrons. The Labute approximate surface area is 155 Å². The fourth-order valence-corrected chi connectivity index (χ4v) is 2.99. The van der Waals surface area contributed by atoms with Crippen molar-refractivity contribution >= 4 is 34.6 Å². The molecular weight excluding hydrogens is 352 g/mol. The van der Waals surface area contributed by atoms with Crippen LogP contribution in [0, 0.1) is 0 Å². The number of esters is 1. The van der Waals surface area contributed by atoms with Crippen LogP contribution in [0.3, 0.4) is 0 Å². The smallest absolute Gasteiger partial charge is 0.357 e. The van der Waals surface area contributed by atoms with Crippen molar-refractivity contribution in [1.82, 2.24) is 4.68 Å². The van der Waals surface area contributed by atoms with Gasteiger partial charge in [0.2, 0.25) is 0 Å². The lowest BCUT2D eigenvalue weighted by Crippen LogP contribution is -2.25. The minimum absolute atomic E-state index is 0.0724. The zero-order valence-corrected chi connectivity index (χ0v) is 15.2. The predicted molar refractivity (Wildman–Crippen MR) is 104 cm³/mol. The molecular formula is C20H17ClN2O3. The molecule has 0 amide bonds. The average Bonchev–Trinajstić information content (AvgIpc) is 2.67. The van der Waals surface area contributed by atoms with Crippen LogP contribution >= 0.6 is 11.6 Å². The van der Waals surface area contributed by atoms with Crippen LogP contribution in [0.1, 0.15) is 23.8 Å². The van der Waals surface area contributed by atoms with Gasteiger partial charge >= 0.3 is 5.97 Å². The average molecular weight is 369 g/mol. The third-order valence-electron chi connectivity index (χ3n) is 3.94. The second kappa shape index (κ2) is 7.54. The molecule has 0 spiro atoms.